The fourth-order valence-electron chi connectivity index (χ4n) is 9.75. The van der Waals surface area contributed by atoms with Crippen molar-refractivity contribution < 1.29 is 19.7 Å². The highest BCUT2D eigenvalue weighted by Crippen LogP contribution is 2.77. The Kier molecular flexibility index (Phi) is 5.21. The molecule has 5 rings (SSSR count). The number of esters is 1. The summed E-state index contributed by atoms with van der Waals surface area (Å²) in [5.74, 6) is 1.49. The zero-order valence-corrected chi connectivity index (χ0v) is 22.4. The van der Waals surface area contributed by atoms with E-state index in [0.29, 0.717) is 11.8 Å². The Labute approximate surface area is 206 Å². The number of aliphatic hydroxyl groups is 2. The third-order valence-electron chi connectivity index (χ3n) is 12.0. The van der Waals surface area contributed by atoms with Crippen molar-refractivity contribution in [3.8, 4) is 0 Å². The highest BCUT2D eigenvalue weighted by molar-refractivity contribution is 5.83. The molecule has 0 amide bonds. The van der Waals surface area contributed by atoms with Crippen LogP contribution < -0.4 is 0 Å². The molecule has 5 unspecified atom stereocenters. The number of carbonyl (C=O) groups excluding carboxylic acids is 1. The van der Waals surface area contributed by atoms with Gasteiger partial charge >= 0.3 is 5.97 Å². The number of fused-ring (bicyclic) bond motifs is 2. The number of carbonyl (C=O) groups is 1. The van der Waals surface area contributed by atoms with Crippen LogP contribution in [0.25, 0.3) is 0 Å². The van der Waals surface area contributed by atoms with Gasteiger partial charge in [-0.1, -0.05) is 52.8 Å². The molecule has 1 spiro atoms. The second-order valence-corrected chi connectivity index (χ2v) is 14.2. The summed E-state index contributed by atoms with van der Waals surface area (Å²) in [6, 6.07) is 0. The molecule has 4 fully saturated rings. The minimum absolute atomic E-state index is 0.00237. The monoisotopic (exact) mass is 470 g/mol. The van der Waals surface area contributed by atoms with Crippen LogP contribution in [0, 0.1) is 45.3 Å². The Morgan fingerprint density at radius 2 is 1.82 bits per heavy atom. The molecule has 4 heteroatoms. The fourth-order valence-corrected chi connectivity index (χ4v) is 9.75. The third-order valence-corrected chi connectivity index (χ3v) is 12.0. The zero-order chi connectivity index (χ0) is 24.9. The summed E-state index contributed by atoms with van der Waals surface area (Å²) in [6.07, 6.45) is 15.1. The lowest BCUT2D eigenvalue weighted by Gasteiger charge is -2.63. The highest BCUT2D eigenvalue weighted by Gasteiger charge is 2.79. The van der Waals surface area contributed by atoms with Crippen molar-refractivity contribution in [1.82, 2.24) is 0 Å². The smallest absolute Gasteiger partial charge is 0.314 e. The van der Waals surface area contributed by atoms with Gasteiger partial charge in [0, 0.05) is 11.3 Å². The molecular formula is C30H46O4. The minimum atomic E-state index is -0.769. The summed E-state index contributed by atoms with van der Waals surface area (Å²) in [4.78, 5) is 13.9. The molecule has 0 aromatic carbocycles. The molecule has 0 aromatic heterocycles. The molecule has 2 N–H and O–H groups in total. The quantitative estimate of drug-likeness (QED) is 0.401. The van der Waals surface area contributed by atoms with Gasteiger partial charge in [0.2, 0.25) is 0 Å². The molecule has 1 aliphatic heterocycles. The average molecular weight is 471 g/mol. The van der Waals surface area contributed by atoms with E-state index in [0.717, 1.165) is 38.5 Å². The predicted molar refractivity (Wildman–Crippen MR) is 134 cm³/mol. The molecule has 3 saturated carbocycles. The molecule has 0 aromatic rings. The molecule has 190 valence electrons. The van der Waals surface area contributed by atoms with Crippen molar-refractivity contribution >= 4 is 5.97 Å². The van der Waals surface area contributed by atoms with E-state index in [1.165, 1.54) is 6.42 Å². The first-order chi connectivity index (χ1) is 15.7. The number of hydrogen-bond acceptors (Lipinski definition) is 4. The van der Waals surface area contributed by atoms with Crippen molar-refractivity contribution in [1.29, 1.82) is 0 Å². The molecule has 34 heavy (non-hydrogen) atoms. The third kappa shape index (κ3) is 2.82. The first kappa shape index (κ1) is 24.6. The summed E-state index contributed by atoms with van der Waals surface area (Å²) in [7, 11) is 0. The molecule has 4 nitrogen and oxygen atoms in total. The van der Waals surface area contributed by atoms with E-state index < -0.39 is 28.1 Å². The zero-order valence-electron chi connectivity index (χ0n) is 22.4. The van der Waals surface area contributed by atoms with Gasteiger partial charge in [0.15, 0.2) is 0 Å². The molecule has 4 aliphatic carbocycles. The molecule has 1 saturated heterocycles. The van der Waals surface area contributed by atoms with Gasteiger partial charge in [-0.25, -0.2) is 0 Å². The van der Waals surface area contributed by atoms with E-state index in [-0.39, 0.29) is 28.6 Å². The molecular weight excluding hydrogens is 424 g/mol. The van der Waals surface area contributed by atoms with Gasteiger partial charge in [-0.2, -0.15) is 0 Å². The summed E-state index contributed by atoms with van der Waals surface area (Å²) < 4.78 is 6.39. The summed E-state index contributed by atoms with van der Waals surface area (Å²) in [5, 5.41) is 21.0. The van der Waals surface area contributed by atoms with Crippen LogP contribution in [0.3, 0.4) is 0 Å². The summed E-state index contributed by atoms with van der Waals surface area (Å²) in [5.41, 5.74) is -2.14. The number of allylic oxidation sites excluding steroid dienone is 2. The van der Waals surface area contributed by atoms with Gasteiger partial charge in [-0.15, -0.1) is 0 Å². The standard InChI is InChI=1S/C30H46O4/c1-19(9-8-14-25(2,3)33)20-12-15-28(7)21-13-16-30-22(10-11-23(31)26(30,4)5)29(21,24(32)34-30)18-17-27(20,28)6/h8,13-14,16,19-23,31,33H,9-12,15,17-18H2,1-7H3/t19?,20?,21?,22?,23?,27-,28+,29+,30-/m1/s1. The Hall–Kier alpha value is -1.13. The van der Waals surface area contributed by atoms with Gasteiger partial charge in [0.25, 0.3) is 0 Å². The number of ether oxygens (including phenoxy) is 1. The van der Waals surface area contributed by atoms with Crippen molar-refractivity contribution in [2.45, 2.75) is 111 Å². The van der Waals surface area contributed by atoms with Crippen molar-refractivity contribution in [2.75, 3.05) is 0 Å². The van der Waals surface area contributed by atoms with E-state index in [1.54, 1.807) is 0 Å². The van der Waals surface area contributed by atoms with Crippen LogP contribution in [0.5, 0.6) is 0 Å². The maximum Gasteiger partial charge on any atom is 0.314 e. The van der Waals surface area contributed by atoms with Crippen LogP contribution in [-0.4, -0.2) is 33.5 Å². The van der Waals surface area contributed by atoms with E-state index in [9.17, 15) is 15.0 Å². The lowest BCUT2D eigenvalue weighted by Crippen LogP contribution is -2.64. The number of rotatable bonds is 4. The number of aliphatic hydroxyl groups excluding tert-OH is 1. The van der Waals surface area contributed by atoms with Crippen LogP contribution in [0.4, 0.5) is 0 Å². The van der Waals surface area contributed by atoms with Crippen LogP contribution in [-0.2, 0) is 9.53 Å². The van der Waals surface area contributed by atoms with Gasteiger partial charge in [0.1, 0.15) is 5.60 Å². The van der Waals surface area contributed by atoms with Gasteiger partial charge in [0.05, 0.1) is 17.1 Å². The first-order valence-corrected chi connectivity index (χ1v) is 13.7. The van der Waals surface area contributed by atoms with E-state index in [1.807, 2.05) is 19.9 Å². The van der Waals surface area contributed by atoms with Crippen LogP contribution >= 0.6 is 0 Å². The van der Waals surface area contributed by atoms with Crippen LogP contribution in [0.2, 0.25) is 0 Å². The highest BCUT2D eigenvalue weighted by atomic mass is 16.6. The van der Waals surface area contributed by atoms with E-state index >= 15 is 0 Å². The molecule has 9 atom stereocenters. The largest absolute Gasteiger partial charge is 0.453 e. The minimum Gasteiger partial charge on any atom is -0.453 e. The van der Waals surface area contributed by atoms with E-state index in [4.69, 9.17) is 4.74 Å². The topological polar surface area (TPSA) is 66.8 Å². The fraction of sp³-hybridized carbons (Fsp3) is 0.833. The maximum absolute atomic E-state index is 13.9. The normalized spacial score (nSPS) is 50.0. The van der Waals surface area contributed by atoms with Crippen molar-refractivity contribution in [3.63, 3.8) is 0 Å². The Morgan fingerprint density at radius 1 is 1.12 bits per heavy atom. The van der Waals surface area contributed by atoms with Crippen molar-refractivity contribution in [2.24, 2.45) is 45.3 Å². The molecule has 1 heterocycles. The lowest BCUT2D eigenvalue weighted by atomic mass is 9.38. The molecule has 0 radical (unpaired) electrons. The summed E-state index contributed by atoms with van der Waals surface area (Å²) >= 11 is 0. The van der Waals surface area contributed by atoms with Crippen molar-refractivity contribution in [3.05, 3.63) is 24.3 Å². The van der Waals surface area contributed by atoms with E-state index in [2.05, 4.69) is 52.8 Å². The Balaban J connectivity index is 1.50. The Bertz CT molecular complexity index is 927. The second-order valence-electron chi connectivity index (χ2n) is 14.2. The summed E-state index contributed by atoms with van der Waals surface area (Å²) in [6.45, 7) is 15.2. The van der Waals surface area contributed by atoms with Gasteiger partial charge in [-0.05, 0) is 93.5 Å². The van der Waals surface area contributed by atoms with Crippen LogP contribution in [0.1, 0.15) is 93.4 Å². The first-order valence-electron chi connectivity index (χ1n) is 13.7. The van der Waals surface area contributed by atoms with Gasteiger partial charge in [-0.3, -0.25) is 4.79 Å². The van der Waals surface area contributed by atoms with Crippen LogP contribution in [0.15, 0.2) is 24.3 Å². The lowest BCUT2D eigenvalue weighted by molar-refractivity contribution is -0.173. The van der Waals surface area contributed by atoms with Gasteiger partial charge < -0.3 is 14.9 Å². The molecule has 5 aliphatic rings. The number of hydrogen-bond donors (Lipinski definition) is 2. The average Bonchev–Trinajstić information content (AvgIpc) is 3.09. The Morgan fingerprint density at radius 3 is 2.50 bits per heavy atom. The maximum atomic E-state index is 13.9. The molecule has 2 bridgehead atoms. The SMILES string of the molecule is CC(CC=CC(C)(C)O)C1CC[C@@]2(C)C3C=C[C@@]45OC(=O)[C@]3(CC[C@]12C)C4CCC(O)C5(C)C. The predicted octanol–water partition coefficient (Wildman–Crippen LogP) is 5.82. The second kappa shape index (κ2) is 7.22.